The molecule has 0 saturated heterocycles. The predicted molar refractivity (Wildman–Crippen MR) is 117 cm³/mol. The van der Waals surface area contributed by atoms with E-state index >= 15 is 0 Å². The van der Waals surface area contributed by atoms with Crippen LogP contribution in [0.4, 0.5) is 4.39 Å². The SMILES string of the molecule is Cn1c(=O)n(CCCO)c(=O)c2c1nc(-c1ccc(Cl)cc1)n2Cc1ccc(F)cc1. The molecule has 9 heteroatoms. The molecule has 160 valence electrons. The Labute approximate surface area is 181 Å². The molecule has 0 fully saturated rings. The molecule has 0 aliphatic carbocycles. The summed E-state index contributed by atoms with van der Waals surface area (Å²) in [5, 5.41) is 9.71. The van der Waals surface area contributed by atoms with E-state index in [9.17, 15) is 14.0 Å². The maximum Gasteiger partial charge on any atom is 0.332 e. The molecule has 0 atom stereocenters. The van der Waals surface area contributed by atoms with Gasteiger partial charge in [-0.2, -0.15) is 0 Å². The fraction of sp³-hybridized carbons (Fsp3) is 0.227. The van der Waals surface area contributed by atoms with Gasteiger partial charge in [0, 0.05) is 37.3 Å². The summed E-state index contributed by atoms with van der Waals surface area (Å²) in [4.78, 5) is 30.7. The Bertz CT molecular complexity index is 1360. The molecule has 0 bridgehead atoms. The van der Waals surface area contributed by atoms with Crippen LogP contribution in [-0.2, 0) is 20.1 Å². The lowest BCUT2D eigenvalue weighted by molar-refractivity contribution is 0.277. The van der Waals surface area contributed by atoms with E-state index < -0.39 is 11.2 Å². The fourth-order valence-electron chi connectivity index (χ4n) is 3.54. The first-order chi connectivity index (χ1) is 14.9. The van der Waals surface area contributed by atoms with Crippen molar-refractivity contribution in [3.63, 3.8) is 0 Å². The van der Waals surface area contributed by atoms with Crippen molar-refractivity contribution in [2.24, 2.45) is 7.05 Å². The fourth-order valence-corrected chi connectivity index (χ4v) is 3.67. The Hall–Kier alpha value is -3.23. The van der Waals surface area contributed by atoms with Gasteiger partial charge in [0.2, 0.25) is 0 Å². The van der Waals surface area contributed by atoms with Crippen LogP contribution in [0.25, 0.3) is 22.6 Å². The topological polar surface area (TPSA) is 82.0 Å². The van der Waals surface area contributed by atoms with Gasteiger partial charge in [0.1, 0.15) is 11.6 Å². The number of benzene rings is 2. The third-order valence-electron chi connectivity index (χ3n) is 5.13. The Balaban J connectivity index is 2.01. The van der Waals surface area contributed by atoms with Gasteiger partial charge in [-0.1, -0.05) is 23.7 Å². The van der Waals surface area contributed by atoms with E-state index in [0.29, 0.717) is 10.8 Å². The zero-order chi connectivity index (χ0) is 22.1. The molecule has 7 nitrogen and oxygen atoms in total. The molecule has 0 aliphatic heterocycles. The van der Waals surface area contributed by atoms with Crippen LogP contribution in [0, 0.1) is 5.82 Å². The number of rotatable bonds is 6. The summed E-state index contributed by atoms with van der Waals surface area (Å²) in [7, 11) is 1.56. The Morgan fingerprint density at radius 3 is 2.35 bits per heavy atom. The van der Waals surface area contributed by atoms with Crippen LogP contribution in [0.5, 0.6) is 0 Å². The smallest absolute Gasteiger partial charge is 0.332 e. The molecule has 2 aromatic heterocycles. The first-order valence-electron chi connectivity index (χ1n) is 9.72. The Kier molecular flexibility index (Phi) is 5.75. The highest BCUT2D eigenvalue weighted by Gasteiger charge is 2.21. The van der Waals surface area contributed by atoms with E-state index in [2.05, 4.69) is 4.98 Å². The van der Waals surface area contributed by atoms with Crippen LogP contribution >= 0.6 is 11.6 Å². The van der Waals surface area contributed by atoms with Gasteiger partial charge in [0.05, 0.1) is 0 Å². The van der Waals surface area contributed by atoms with Crippen LogP contribution in [0.3, 0.4) is 0 Å². The number of aliphatic hydroxyl groups is 1. The molecule has 0 amide bonds. The monoisotopic (exact) mass is 442 g/mol. The van der Waals surface area contributed by atoms with E-state index in [1.807, 2.05) is 0 Å². The molecule has 0 spiro atoms. The molecule has 0 saturated carbocycles. The van der Waals surface area contributed by atoms with Crippen molar-refractivity contribution in [1.29, 1.82) is 0 Å². The minimum Gasteiger partial charge on any atom is -0.396 e. The highest BCUT2D eigenvalue weighted by molar-refractivity contribution is 6.30. The molecule has 4 rings (SSSR count). The van der Waals surface area contributed by atoms with E-state index in [0.717, 1.165) is 15.7 Å². The van der Waals surface area contributed by atoms with E-state index in [-0.39, 0.29) is 43.1 Å². The maximum atomic E-state index is 13.4. The summed E-state index contributed by atoms with van der Waals surface area (Å²) in [5.74, 6) is 0.133. The van der Waals surface area contributed by atoms with Gasteiger partial charge in [-0.25, -0.2) is 14.2 Å². The third-order valence-corrected chi connectivity index (χ3v) is 5.38. The lowest BCUT2D eigenvalue weighted by atomic mass is 10.2. The van der Waals surface area contributed by atoms with Gasteiger partial charge >= 0.3 is 5.69 Å². The van der Waals surface area contributed by atoms with Crippen molar-refractivity contribution >= 4 is 22.8 Å². The number of nitrogens with zero attached hydrogens (tertiary/aromatic N) is 4. The van der Waals surface area contributed by atoms with Gasteiger partial charge in [-0.05, 0) is 48.4 Å². The quantitative estimate of drug-likeness (QED) is 0.498. The summed E-state index contributed by atoms with van der Waals surface area (Å²) in [6.07, 6.45) is 0.275. The summed E-state index contributed by atoms with van der Waals surface area (Å²) in [6, 6.07) is 13.0. The molecule has 0 aliphatic rings. The highest BCUT2D eigenvalue weighted by Crippen LogP contribution is 2.25. The molecule has 31 heavy (non-hydrogen) atoms. The summed E-state index contributed by atoms with van der Waals surface area (Å²) in [5.41, 5.74) is 1.01. The number of fused-ring (bicyclic) bond motifs is 1. The number of aryl methyl sites for hydroxylation is 1. The van der Waals surface area contributed by atoms with Gasteiger partial charge in [-0.3, -0.25) is 13.9 Å². The molecule has 0 unspecified atom stereocenters. The molecular formula is C22H20ClFN4O3. The highest BCUT2D eigenvalue weighted by atomic mass is 35.5. The van der Waals surface area contributed by atoms with Crippen LogP contribution in [-0.4, -0.2) is 30.4 Å². The molecule has 2 heterocycles. The zero-order valence-electron chi connectivity index (χ0n) is 16.8. The first kappa shape index (κ1) is 21.0. The molecular weight excluding hydrogens is 423 g/mol. The molecule has 2 aromatic carbocycles. The predicted octanol–water partition coefficient (Wildman–Crippen LogP) is 2.79. The number of aliphatic hydroxyl groups excluding tert-OH is 1. The van der Waals surface area contributed by atoms with Gasteiger partial charge in [0.15, 0.2) is 11.2 Å². The first-order valence-corrected chi connectivity index (χ1v) is 10.1. The second-order valence-electron chi connectivity index (χ2n) is 7.20. The number of aromatic nitrogens is 4. The second kappa shape index (κ2) is 8.49. The number of halogens is 2. The average molecular weight is 443 g/mol. The lowest BCUT2D eigenvalue weighted by Crippen LogP contribution is -2.39. The van der Waals surface area contributed by atoms with Crippen molar-refractivity contribution in [1.82, 2.24) is 18.7 Å². The molecule has 1 N–H and O–H groups in total. The minimum absolute atomic E-state index is 0.0932. The average Bonchev–Trinajstić information content (AvgIpc) is 3.14. The van der Waals surface area contributed by atoms with Crippen molar-refractivity contribution in [2.45, 2.75) is 19.5 Å². The zero-order valence-corrected chi connectivity index (χ0v) is 17.5. The molecule has 0 radical (unpaired) electrons. The Morgan fingerprint density at radius 2 is 1.71 bits per heavy atom. The van der Waals surface area contributed by atoms with Crippen LogP contribution in [0.15, 0.2) is 58.1 Å². The van der Waals surface area contributed by atoms with Crippen LogP contribution in [0.1, 0.15) is 12.0 Å². The van der Waals surface area contributed by atoms with Crippen LogP contribution in [0.2, 0.25) is 5.02 Å². The van der Waals surface area contributed by atoms with Gasteiger partial charge in [-0.15, -0.1) is 0 Å². The number of imidazole rings is 1. The van der Waals surface area contributed by atoms with E-state index in [1.165, 1.54) is 16.7 Å². The van der Waals surface area contributed by atoms with Crippen molar-refractivity contribution < 1.29 is 9.50 Å². The summed E-state index contributed by atoms with van der Waals surface area (Å²) in [6.45, 7) is 0.205. The van der Waals surface area contributed by atoms with Crippen molar-refractivity contribution in [2.75, 3.05) is 6.61 Å². The third kappa shape index (κ3) is 3.92. The lowest BCUT2D eigenvalue weighted by Gasteiger charge is -2.11. The van der Waals surface area contributed by atoms with Gasteiger partial charge < -0.3 is 9.67 Å². The normalized spacial score (nSPS) is 11.4. The maximum absolute atomic E-state index is 13.4. The molecule has 4 aromatic rings. The van der Waals surface area contributed by atoms with Gasteiger partial charge in [0.25, 0.3) is 5.56 Å². The minimum atomic E-state index is -0.500. The van der Waals surface area contributed by atoms with Crippen molar-refractivity contribution in [3.05, 3.63) is 85.8 Å². The van der Waals surface area contributed by atoms with Crippen LogP contribution < -0.4 is 11.2 Å². The number of hydrogen-bond donors (Lipinski definition) is 1. The van der Waals surface area contributed by atoms with Crippen molar-refractivity contribution in [3.8, 4) is 11.4 Å². The Morgan fingerprint density at radius 1 is 1.03 bits per heavy atom. The standard InChI is InChI=1S/C22H20ClFN4O3/c1-26-20-18(21(30)27(22(26)31)11-2-12-29)28(13-14-3-9-17(24)10-4-14)19(25-20)15-5-7-16(23)8-6-15/h3-10,29H,2,11-13H2,1H3. The summed E-state index contributed by atoms with van der Waals surface area (Å²) >= 11 is 6.02. The largest absolute Gasteiger partial charge is 0.396 e. The van der Waals surface area contributed by atoms with E-state index in [4.69, 9.17) is 16.7 Å². The number of hydrogen-bond acceptors (Lipinski definition) is 4. The van der Waals surface area contributed by atoms with E-state index in [1.54, 1.807) is 48.0 Å². The summed E-state index contributed by atoms with van der Waals surface area (Å²) < 4.78 is 17.5. The second-order valence-corrected chi connectivity index (χ2v) is 7.64.